The Labute approximate surface area is 104 Å². The normalized spacial score (nSPS) is 13.1. The molecular formula is C14H23NS. The Bertz CT molecular complexity index is 317. The van der Waals surface area contributed by atoms with Gasteiger partial charge in [-0.05, 0) is 69.5 Å². The van der Waals surface area contributed by atoms with E-state index >= 15 is 0 Å². The van der Waals surface area contributed by atoms with Crippen LogP contribution < -0.4 is 5.32 Å². The highest BCUT2D eigenvalue weighted by Gasteiger charge is 2.06. The van der Waals surface area contributed by atoms with Crippen molar-refractivity contribution in [2.24, 2.45) is 0 Å². The van der Waals surface area contributed by atoms with Gasteiger partial charge in [0, 0.05) is 5.54 Å². The van der Waals surface area contributed by atoms with Gasteiger partial charge in [0.1, 0.15) is 0 Å². The summed E-state index contributed by atoms with van der Waals surface area (Å²) in [5.41, 5.74) is 3.13. The van der Waals surface area contributed by atoms with Crippen LogP contribution in [0.5, 0.6) is 0 Å². The molecule has 0 aliphatic rings. The smallest absolute Gasteiger partial charge is 0.00966 e. The Kier molecular flexibility index (Phi) is 5.23. The van der Waals surface area contributed by atoms with Crippen LogP contribution in [0, 0.1) is 0 Å². The van der Waals surface area contributed by atoms with E-state index in [9.17, 15) is 0 Å². The zero-order valence-corrected chi connectivity index (χ0v) is 11.7. The summed E-state index contributed by atoms with van der Waals surface area (Å²) in [4.78, 5) is 0. The van der Waals surface area contributed by atoms with E-state index < -0.39 is 0 Å². The van der Waals surface area contributed by atoms with Crippen LogP contribution in [0.15, 0.2) is 28.5 Å². The molecule has 0 aliphatic carbocycles. The van der Waals surface area contributed by atoms with Crippen molar-refractivity contribution in [1.29, 1.82) is 0 Å². The Morgan fingerprint density at radius 1 is 1.44 bits per heavy atom. The van der Waals surface area contributed by atoms with E-state index in [1.165, 1.54) is 11.1 Å². The van der Waals surface area contributed by atoms with E-state index in [-0.39, 0.29) is 5.54 Å². The van der Waals surface area contributed by atoms with Crippen LogP contribution in [0.2, 0.25) is 0 Å². The van der Waals surface area contributed by atoms with Gasteiger partial charge in [-0.3, -0.25) is 0 Å². The van der Waals surface area contributed by atoms with Crippen molar-refractivity contribution >= 4 is 11.3 Å². The van der Waals surface area contributed by atoms with E-state index in [0.717, 1.165) is 19.4 Å². The molecule has 2 heteroatoms. The average Bonchev–Trinajstić information content (AvgIpc) is 2.63. The molecule has 0 aromatic carbocycles. The fourth-order valence-electron chi connectivity index (χ4n) is 1.55. The maximum Gasteiger partial charge on any atom is 0.00966 e. The first kappa shape index (κ1) is 13.5. The largest absolute Gasteiger partial charge is 0.312 e. The summed E-state index contributed by atoms with van der Waals surface area (Å²) in [6.45, 7) is 9.89. The van der Waals surface area contributed by atoms with Gasteiger partial charge in [0.25, 0.3) is 0 Å². The maximum absolute atomic E-state index is 3.49. The van der Waals surface area contributed by atoms with E-state index in [1.807, 2.05) is 0 Å². The summed E-state index contributed by atoms with van der Waals surface area (Å²) in [6, 6.07) is 2.20. The molecule has 0 saturated heterocycles. The minimum atomic E-state index is 0.231. The van der Waals surface area contributed by atoms with Crippen molar-refractivity contribution in [1.82, 2.24) is 5.32 Å². The van der Waals surface area contributed by atoms with Crippen molar-refractivity contribution in [3.05, 3.63) is 34.0 Å². The lowest BCUT2D eigenvalue weighted by Crippen LogP contribution is -2.36. The first-order valence-corrected chi connectivity index (χ1v) is 6.83. The quantitative estimate of drug-likeness (QED) is 0.602. The molecule has 0 unspecified atom stereocenters. The molecule has 0 bridgehead atoms. The predicted molar refractivity (Wildman–Crippen MR) is 74.2 cm³/mol. The molecule has 1 heterocycles. The van der Waals surface area contributed by atoms with E-state index in [2.05, 4.69) is 55.9 Å². The van der Waals surface area contributed by atoms with Gasteiger partial charge in [-0.1, -0.05) is 11.6 Å². The molecule has 0 atom stereocenters. The second-order valence-corrected chi connectivity index (χ2v) is 6.10. The standard InChI is InChI=1S/C14H23NS/c1-12(10-13-7-9-16-11-13)6-5-8-15-14(2,3)4/h6-7,9,11,15H,5,8,10H2,1-4H3. The lowest BCUT2D eigenvalue weighted by molar-refractivity contribution is 0.431. The average molecular weight is 237 g/mol. The van der Waals surface area contributed by atoms with Crippen LogP contribution in [-0.4, -0.2) is 12.1 Å². The monoisotopic (exact) mass is 237 g/mol. The molecule has 0 amide bonds. The SMILES string of the molecule is CC(=CCCNC(C)(C)C)Cc1ccsc1. The van der Waals surface area contributed by atoms with Gasteiger partial charge in [-0.15, -0.1) is 0 Å². The molecule has 1 aromatic heterocycles. The van der Waals surface area contributed by atoms with Gasteiger partial charge in [0.2, 0.25) is 0 Å². The van der Waals surface area contributed by atoms with E-state index in [0.29, 0.717) is 0 Å². The molecule has 0 fully saturated rings. The molecule has 0 aliphatic heterocycles. The Balaban J connectivity index is 2.24. The first-order valence-electron chi connectivity index (χ1n) is 5.89. The Morgan fingerprint density at radius 2 is 2.19 bits per heavy atom. The van der Waals surface area contributed by atoms with Gasteiger partial charge >= 0.3 is 0 Å². The van der Waals surface area contributed by atoms with Crippen molar-refractivity contribution in [2.75, 3.05) is 6.54 Å². The third-order valence-corrected chi connectivity index (χ3v) is 3.09. The lowest BCUT2D eigenvalue weighted by Gasteiger charge is -2.19. The third kappa shape index (κ3) is 6.09. The molecule has 1 aromatic rings. The van der Waals surface area contributed by atoms with Gasteiger partial charge in [-0.25, -0.2) is 0 Å². The maximum atomic E-state index is 3.49. The van der Waals surface area contributed by atoms with Gasteiger partial charge in [0.15, 0.2) is 0 Å². The van der Waals surface area contributed by atoms with Crippen LogP contribution in [0.3, 0.4) is 0 Å². The lowest BCUT2D eigenvalue weighted by atomic mass is 10.1. The molecular weight excluding hydrogens is 214 g/mol. The van der Waals surface area contributed by atoms with Crippen LogP contribution in [0.25, 0.3) is 0 Å². The highest BCUT2D eigenvalue weighted by atomic mass is 32.1. The minimum Gasteiger partial charge on any atom is -0.312 e. The summed E-state index contributed by atoms with van der Waals surface area (Å²) < 4.78 is 0. The van der Waals surface area contributed by atoms with Crippen LogP contribution in [0.4, 0.5) is 0 Å². The van der Waals surface area contributed by atoms with Gasteiger partial charge in [0.05, 0.1) is 0 Å². The fraction of sp³-hybridized carbons (Fsp3) is 0.571. The second-order valence-electron chi connectivity index (χ2n) is 5.32. The molecule has 0 spiro atoms. The number of hydrogen-bond acceptors (Lipinski definition) is 2. The van der Waals surface area contributed by atoms with Gasteiger partial charge < -0.3 is 5.32 Å². The first-order chi connectivity index (χ1) is 7.47. The molecule has 1 N–H and O–H groups in total. The Hall–Kier alpha value is -0.600. The van der Waals surface area contributed by atoms with Crippen molar-refractivity contribution in [3.8, 4) is 0 Å². The highest BCUT2D eigenvalue weighted by Crippen LogP contribution is 2.11. The second kappa shape index (κ2) is 6.21. The van der Waals surface area contributed by atoms with Gasteiger partial charge in [-0.2, -0.15) is 11.3 Å². The molecule has 0 radical (unpaired) electrons. The number of nitrogens with one attached hydrogen (secondary N) is 1. The summed E-state index contributed by atoms with van der Waals surface area (Å²) in [5.74, 6) is 0. The van der Waals surface area contributed by atoms with Crippen molar-refractivity contribution < 1.29 is 0 Å². The number of hydrogen-bond donors (Lipinski definition) is 1. The summed E-state index contributed by atoms with van der Waals surface area (Å²) in [7, 11) is 0. The predicted octanol–water partition coefficient (Wildman–Crippen LogP) is 4.02. The van der Waals surface area contributed by atoms with Crippen LogP contribution in [0.1, 0.15) is 39.7 Å². The number of rotatable bonds is 5. The molecule has 1 nitrogen and oxygen atoms in total. The van der Waals surface area contributed by atoms with Crippen molar-refractivity contribution in [3.63, 3.8) is 0 Å². The molecule has 1 rings (SSSR count). The third-order valence-electron chi connectivity index (χ3n) is 2.36. The van der Waals surface area contributed by atoms with E-state index in [1.54, 1.807) is 11.3 Å². The number of thiophene rings is 1. The summed E-state index contributed by atoms with van der Waals surface area (Å²) >= 11 is 1.77. The highest BCUT2D eigenvalue weighted by molar-refractivity contribution is 7.07. The zero-order valence-electron chi connectivity index (χ0n) is 10.8. The summed E-state index contributed by atoms with van der Waals surface area (Å²) in [5, 5.41) is 7.86. The molecule has 0 saturated carbocycles. The van der Waals surface area contributed by atoms with Crippen molar-refractivity contribution in [2.45, 2.75) is 46.1 Å². The summed E-state index contributed by atoms with van der Waals surface area (Å²) in [6.07, 6.45) is 4.56. The molecule has 90 valence electrons. The fourth-order valence-corrected chi connectivity index (χ4v) is 2.22. The van der Waals surface area contributed by atoms with Crippen LogP contribution >= 0.6 is 11.3 Å². The van der Waals surface area contributed by atoms with Crippen LogP contribution in [-0.2, 0) is 6.42 Å². The zero-order chi connectivity index (χ0) is 12.0. The van der Waals surface area contributed by atoms with E-state index in [4.69, 9.17) is 0 Å². The minimum absolute atomic E-state index is 0.231. The molecule has 16 heavy (non-hydrogen) atoms. The Morgan fingerprint density at radius 3 is 2.75 bits per heavy atom. The topological polar surface area (TPSA) is 12.0 Å². The number of allylic oxidation sites excluding steroid dienone is 1.